The van der Waals surface area contributed by atoms with Gasteiger partial charge in [-0.25, -0.2) is 0 Å². The first-order valence-corrected chi connectivity index (χ1v) is 4.60. The van der Waals surface area contributed by atoms with Crippen LogP contribution < -0.4 is 0 Å². The molecule has 0 bridgehead atoms. The number of nitrogens with zero attached hydrogens (tertiary/aromatic N) is 4. The van der Waals surface area contributed by atoms with Gasteiger partial charge in [0.1, 0.15) is 0 Å². The van der Waals surface area contributed by atoms with Crippen LogP contribution in [0, 0.1) is 0 Å². The molecular weight excluding hydrogens is 184 g/mol. The number of carbonyl (C=O) groups is 2. The number of imide groups is 1. The molecule has 6 nitrogen and oxygen atoms in total. The van der Waals surface area contributed by atoms with Crippen molar-refractivity contribution < 1.29 is 9.59 Å². The Morgan fingerprint density at radius 2 is 2.00 bits per heavy atom. The molecule has 1 rings (SSSR count). The Bertz CT molecular complexity index is 267. The number of piperidine rings is 1. The van der Waals surface area contributed by atoms with Crippen LogP contribution in [0.1, 0.15) is 25.7 Å². The van der Waals surface area contributed by atoms with Crippen molar-refractivity contribution in [2.75, 3.05) is 13.1 Å². The van der Waals surface area contributed by atoms with E-state index in [0.717, 1.165) is 0 Å². The van der Waals surface area contributed by atoms with Crippen LogP contribution >= 0.6 is 0 Å². The summed E-state index contributed by atoms with van der Waals surface area (Å²) in [5.74, 6) is -0.218. The number of carbonyl (C=O) groups excluding carboxylic acids is 2. The number of amides is 2. The molecule has 0 aromatic heterocycles. The van der Waals surface area contributed by atoms with Crippen LogP contribution in [0.4, 0.5) is 0 Å². The van der Waals surface area contributed by atoms with Crippen molar-refractivity contribution in [3.63, 3.8) is 0 Å². The van der Waals surface area contributed by atoms with E-state index < -0.39 is 0 Å². The molecule has 14 heavy (non-hydrogen) atoms. The molecule has 0 saturated carbocycles. The van der Waals surface area contributed by atoms with E-state index in [4.69, 9.17) is 5.53 Å². The highest BCUT2D eigenvalue weighted by Crippen LogP contribution is 2.12. The molecule has 0 aliphatic carbocycles. The SMILES string of the molecule is [N-]=[N+]=NCCCN1C(=O)CCCC1=O. The summed E-state index contributed by atoms with van der Waals surface area (Å²) in [7, 11) is 0. The van der Waals surface area contributed by atoms with Gasteiger partial charge >= 0.3 is 0 Å². The molecule has 6 heteroatoms. The first kappa shape index (κ1) is 10.5. The predicted octanol–water partition coefficient (Wildman–Crippen LogP) is 1.23. The highest BCUT2D eigenvalue weighted by Gasteiger charge is 2.24. The maximum Gasteiger partial charge on any atom is 0.229 e. The summed E-state index contributed by atoms with van der Waals surface area (Å²) < 4.78 is 0. The molecule has 0 atom stereocenters. The van der Waals surface area contributed by atoms with Gasteiger partial charge in [0.2, 0.25) is 11.8 Å². The second kappa shape index (κ2) is 5.24. The van der Waals surface area contributed by atoms with Crippen LogP contribution in [-0.2, 0) is 9.59 Å². The molecule has 1 aliphatic heterocycles. The minimum absolute atomic E-state index is 0.109. The molecular formula is C8H12N4O2. The largest absolute Gasteiger partial charge is 0.283 e. The standard InChI is InChI=1S/C8H12N4O2/c9-11-10-5-2-6-12-7(13)3-1-4-8(12)14/h1-6H2. The highest BCUT2D eigenvalue weighted by molar-refractivity contribution is 5.97. The fourth-order valence-corrected chi connectivity index (χ4v) is 1.39. The normalized spacial score (nSPS) is 16.7. The van der Waals surface area contributed by atoms with E-state index in [1.807, 2.05) is 0 Å². The first-order chi connectivity index (χ1) is 6.75. The Morgan fingerprint density at radius 1 is 1.36 bits per heavy atom. The number of hydrogen-bond donors (Lipinski definition) is 0. The molecule has 0 unspecified atom stereocenters. The maximum absolute atomic E-state index is 11.3. The minimum Gasteiger partial charge on any atom is -0.283 e. The first-order valence-electron chi connectivity index (χ1n) is 4.60. The fraction of sp³-hybridized carbons (Fsp3) is 0.750. The van der Waals surface area contributed by atoms with Gasteiger partial charge in [-0.2, -0.15) is 0 Å². The summed E-state index contributed by atoms with van der Waals surface area (Å²) in [6, 6.07) is 0. The molecule has 0 radical (unpaired) electrons. The lowest BCUT2D eigenvalue weighted by atomic mass is 10.1. The summed E-state index contributed by atoms with van der Waals surface area (Å²) in [6.45, 7) is 0.699. The molecule has 1 saturated heterocycles. The quantitative estimate of drug-likeness (QED) is 0.222. The van der Waals surface area contributed by atoms with Gasteiger partial charge < -0.3 is 0 Å². The summed E-state index contributed by atoms with van der Waals surface area (Å²) in [5.41, 5.74) is 8.02. The molecule has 2 amide bonds. The van der Waals surface area contributed by atoms with E-state index in [1.165, 1.54) is 4.90 Å². The van der Waals surface area contributed by atoms with Crippen LogP contribution in [-0.4, -0.2) is 29.8 Å². The van der Waals surface area contributed by atoms with Gasteiger partial charge in [0.25, 0.3) is 0 Å². The van der Waals surface area contributed by atoms with Gasteiger partial charge in [0.05, 0.1) is 0 Å². The Hall–Kier alpha value is -1.55. The van der Waals surface area contributed by atoms with Gasteiger partial charge in [-0.15, -0.1) is 0 Å². The molecule has 0 aromatic rings. The monoisotopic (exact) mass is 196 g/mol. The number of azide groups is 1. The summed E-state index contributed by atoms with van der Waals surface area (Å²) in [5, 5.41) is 3.34. The average molecular weight is 196 g/mol. The summed E-state index contributed by atoms with van der Waals surface area (Å²) in [4.78, 5) is 26.4. The topological polar surface area (TPSA) is 86.1 Å². The maximum atomic E-state index is 11.3. The van der Waals surface area contributed by atoms with Crippen LogP contribution in [0.25, 0.3) is 10.4 Å². The third kappa shape index (κ3) is 2.74. The average Bonchev–Trinajstić information content (AvgIpc) is 2.16. The Balaban J connectivity index is 2.36. The van der Waals surface area contributed by atoms with E-state index in [1.54, 1.807) is 0 Å². The predicted molar refractivity (Wildman–Crippen MR) is 49.2 cm³/mol. The van der Waals surface area contributed by atoms with Crippen LogP contribution in [0.15, 0.2) is 5.11 Å². The molecule has 0 aromatic carbocycles. The van der Waals surface area contributed by atoms with Crippen molar-refractivity contribution in [1.82, 2.24) is 4.90 Å². The van der Waals surface area contributed by atoms with E-state index in [2.05, 4.69) is 10.0 Å². The highest BCUT2D eigenvalue weighted by atomic mass is 16.2. The molecule has 1 aliphatic rings. The molecule has 0 N–H and O–H groups in total. The number of hydrogen-bond acceptors (Lipinski definition) is 3. The third-order valence-corrected chi connectivity index (χ3v) is 2.09. The lowest BCUT2D eigenvalue weighted by molar-refractivity contribution is -0.147. The molecule has 1 heterocycles. The lowest BCUT2D eigenvalue weighted by Crippen LogP contribution is -2.40. The van der Waals surface area contributed by atoms with Crippen molar-refractivity contribution in [1.29, 1.82) is 0 Å². The van der Waals surface area contributed by atoms with Crippen molar-refractivity contribution >= 4 is 11.8 Å². The van der Waals surface area contributed by atoms with Gasteiger partial charge in [0, 0.05) is 30.8 Å². The zero-order valence-corrected chi connectivity index (χ0v) is 7.85. The molecule has 1 fully saturated rings. The van der Waals surface area contributed by atoms with E-state index >= 15 is 0 Å². The zero-order chi connectivity index (χ0) is 10.4. The fourth-order valence-electron chi connectivity index (χ4n) is 1.39. The second-order valence-electron chi connectivity index (χ2n) is 3.10. The van der Waals surface area contributed by atoms with Gasteiger partial charge in [-0.1, -0.05) is 5.11 Å². The van der Waals surface area contributed by atoms with Crippen molar-refractivity contribution in [2.45, 2.75) is 25.7 Å². The Morgan fingerprint density at radius 3 is 2.57 bits per heavy atom. The van der Waals surface area contributed by atoms with E-state index in [-0.39, 0.29) is 11.8 Å². The van der Waals surface area contributed by atoms with Gasteiger partial charge in [0.15, 0.2) is 0 Å². The van der Waals surface area contributed by atoms with Crippen molar-refractivity contribution in [2.24, 2.45) is 5.11 Å². The Kier molecular flexibility index (Phi) is 3.94. The van der Waals surface area contributed by atoms with Crippen LogP contribution in [0.3, 0.4) is 0 Å². The van der Waals surface area contributed by atoms with Gasteiger partial charge in [-0.3, -0.25) is 14.5 Å². The van der Waals surface area contributed by atoms with Crippen molar-refractivity contribution in [3.05, 3.63) is 10.4 Å². The lowest BCUT2D eigenvalue weighted by Gasteiger charge is -2.24. The second-order valence-corrected chi connectivity index (χ2v) is 3.10. The number of rotatable bonds is 4. The number of likely N-dealkylation sites (tertiary alicyclic amines) is 1. The van der Waals surface area contributed by atoms with E-state index in [0.29, 0.717) is 38.8 Å². The smallest absolute Gasteiger partial charge is 0.229 e. The minimum atomic E-state index is -0.109. The van der Waals surface area contributed by atoms with Crippen LogP contribution in [0.2, 0.25) is 0 Å². The van der Waals surface area contributed by atoms with Crippen LogP contribution in [0.5, 0.6) is 0 Å². The Labute approximate surface area is 81.5 Å². The summed E-state index contributed by atoms with van der Waals surface area (Å²) >= 11 is 0. The molecule has 0 spiro atoms. The summed E-state index contributed by atoms with van der Waals surface area (Å²) in [6.07, 6.45) is 2.10. The zero-order valence-electron chi connectivity index (χ0n) is 7.85. The van der Waals surface area contributed by atoms with Crippen molar-refractivity contribution in [3.8, 4) is 0 Å². The van der Waals surface area contributed by atoms with E-state index in [9.17, 15) is 9.59 Å². The van der Waals surface area contributed by atoms with Gasteiger partial charge in [-0.05, 0) is 18.4 Å². The third-order valence-electron chi connectivity index (χ3n) is 2.09. The molecule has 76 valence electrons.